The number of hydrogen-bond acceptors (Lipinski definition) is 7. The molecule has 0 aliphatic carbocycles. The number of ether oxygens (including phenoxy) is 1. The Morgan fingerprint density at radius 2 is 2.00 bits per heavy atom. The Hall–Kier alpha value is -3.83. The molecule has 2 amide bonds. The van der Waals surface area contributed by atoms with Gasteiger partial charge in [-0.3, -0.25) is 24.3 Å². The van der Waals surface area contributed by atoms with Gasteiger partial charge in [-0.25, -0.2) is 9.38 Å². The number of aliphatic imine (C=N–C) groups is 1. The summed E-state index contributed by atoms with van der Waals surface area (Å²) in [6.45, 7) is 0.941. The van der Waals surface area contributed by atoms with Gasteiger partial charge in [-0.2, -0.15) is 0 Å². The number of amidine groups is 1. The van der Waals surface area contributed by atoms with Gasteiger partial charge in [0.1, 0.15) is 18.1 Å². The van der Waals surface area contributed by atoms with Crippen molar-refractivity contribution >= 4 is 46.4 Å². The molecule has 3 aromatic rings. The highest BCUT2D eigenvalue weighted by Gasteiger charge is 2.32. The summed E-state index contributed by atoms with van der Waals surface area (Å²) in [4.78, 5) is 31.5. The lowest BCUT2D eigenvalue weighted by Crippen LogP contribution is -2.36. The molecule has 0 atom stereocenters. The Bertz CT molecular complexity index is 1230. The van der Waals surface area contributed by atoms with E-state index in [9.17, 15) is 14.0 Å². The summed E-state index contributed by atoms with van der Waals surface area (Å²) in [6, 6.07) is 14.8. The van der Waals surface area contributed by atoms with E-state index in [0.717, 1.165) is 11.8 Å². The highest BCUT2D eigenvalue weighted by molar-refractivity contribution is 8.14. The predicted molar refractivity (Wildman–Crippen MR) is 125 cm³/mol. The number of amides is 2. The molecule has 174 valence electrons. The van der Waals surface area contributed by atoms with Gasteiger partial charge in [0.05, 0.1) is 11.4 Å². The molecule has 11 heteroatoms. The zero-order valence-corrected chi connectivity index (χ0v) is 19.0. The van der Waals surface area contributed by atoms with Gasteiger partial charge in [0.15, 0.2) is 5.17 Å². The van der Waals surface area contributed by atoms with E-state index in [2.05, 4.69) is 15.6 Å². The summed E-state index contributed by atoms with van der Waals surface area (Å²) in [7, 11) is 1.58. The van der Waals surface area contributed by atoms with Crippen LogP contribution < -0.4 is 14.9 Å². The molecule has 2 aromatic carbocycles. The molecule has 0 fully saturated rings. The number of carbonyl (C=O) groups excluding carboxylic acids is 2. The van der Waals surface area contributed by atoms with Gasteiger partial charge in [-0.1, -0.05) is 42.1 Å². The number of benzene rings is 2. The molecular weight excluding hydrogens is 461 g/mol. The van der Waals surface area contributed by atoms with Crippen LogP contribution in [0.2, 0.25) is 0 Å². The van der Waals surface area contributed by atoms with Crippen molar-refractivity contribution in [2.45, 2.75) is 6.54 Å². The second-order valence-corrected chi connectivity index (χ2v) is 8.05. The molecule has 1 aliphatic rings. The standard InChI is InChI=1S/C23H20FN5O4S/c1-32-12-11-28-14-21(33-27-28)26-20(30)15-34-23-25-19(13-16-7-9-17(24)10-8-16)22(31)29(23)18-5-3-2-4-6-18/h2-10,13-14H,11-12,15H2,1H3/p+1/b19-13+. The van der Waals surface area contributed by atoms with E-state index >= 15 is 0 Å². The SMILES string of the molecule is COCC[n+]1cc(NC(=O)CSC2=N/C(=C/c3ccc(F)cc3)C(=O)N2c2ccccc2)on1. The van der Waals surface area contributed by atoms with E-state index in [-0.39, 0.29) is 35.0 Å². The first-order valence-electron chi connectivity index (χ1n) is 10.3. The summed E-state index contributed by atoms with van der Waals surface area (Å²) < 4.78 is 24.8. The largest absolute Gasteiger partial charge is 0.378 e. The fourth-order valence-corrected chi connectivity index (χ4v) is 3.86. The lowest BCUT2D eigenvalue weighted by atomic mass is 10.2. The maximum absolute atomic E-state index is 13.2. The fraction of sp³-hybridized carbons (Fsp3) is 0.174. The van der Waals surface area contributed by atoms with Crippen LogP contribution in [0.3, 0.4) is 0 Å². The number of halogens is 1. The van der Waals surface area contributed by atoms with E-state index in [0.29, 0.717) is 29.6 Å². The van der Waals surface area contributed by atoms with Gasteiger partial charge in [0.25, 0.3) is 12.1 Å². The average molecular weight is 483 g/mol. The number of rotatable bonds is 8. The number of para-hydroxylation sites is 1. The molecule has 1 aliphatic heterocycles. The molecule has 4 rings (SSSR count). The second-order valence-electron chi connectivity index (χ2n) is 7.11. The average Bonchev–Trinajstić information content (AvgIpc) is 3.42. The highest BCUT2D eigenvalue weighted by atomic mass is 32.2. The van der Waals surface area contributed by atoms with Crippen molar-refractivity contribution in [1.29, 1.82) is 0 Å². The van der Waals surface area contributed by atoms with Crippen molar-refractivity contribution < 1.29 is 27.9 Å². The predicted octanol–water partition coefficient (Wildman–Crippen LogP) is 2.86. The Morgan fingerprint density at radius 3 is 2.74 bits per heavy atom. The first-order chi connectivity index (χ1) is 16.5. The van der Waals surface area contributed by atoms with Crippen LogP contribution in [0.5, 0.6) is 0 Å². The Kier molecular flexibility index (Phi) is 7.45. The zero-order valence-electron chi connectivity index (χ0n) is 18.2. The summed E-state index contributed by atoms with van der Waals surface area (Å²) in [5.74, 6) is -0.875. The molecule has 9 nitrogen and oxygen atoms in total. The van der Waals surface area contributed by atoms with Crippen LogP contribution in [-0.4, -0.2) is 41.7 Å². The number of carbonyl (C=O) groups is 2. The number of hydrogen-bond donors (Lipinski definition) is 1. The molecule has 1 aromatic heterocycles. The molecular formula is C23H21FN5O4S+. The van der Waals surface area contributed by atoms with Crippen molar-refractivity contribution in [3.8, 4) is 0 Å². The molecule has 0 saturated heterocycles. The first kappa shape index (κ1) is 23.3. The maximum Gasteiger partial charge on any atom is 0.302 e. The topological polar surface area (TPSA) is 101 Å². The van der Waals surface area contributed by atoms with Gasteiger partial charge >= 0.3 is 5.88 Å². The smallest absolute Gasteiger partial charge is 0.302 e. The van der Waals surface area contributed by atoms with Gasteiger partial charge in [0, 0.05) is 7.11 Å². The second kappa shape index (κ2) is 10.9. The van der Waals surface area contributed by atoms with Crippen molar-refractivity contribution in [3.05, 3.63) is 77.9 Å². The summed E-state index contributed by atoms with van der Waals surface area (Å²) >= 11 is 1.11. The van der Waals surface area contributed by atoms with Crippen LogP contribution >= 0.6 is 11.8 Å². The van der Waals surface area contributed by atoms with Crippen molar-refractivity contribution in [2.24, 2.45) is 4.99 Å². The summed E-state index contributed by atoms with van der Waals surface area (Å²) in [5, 5.41) is 6.77. The third kappa shape index (κ3) is 5.74. The van der Waals surface area contributed by atoms with Crippen LogP contribution in [-0.2, 0) is 20.9 Å². The van der Waals surface area contributed by atoms with Gasteiger partial charge < -0.3 is 4.74 Å². The fourth-order valence-electron chi connectivity index (χ4n) is 3.04. The molecule has 0 saturated carbocycles. The van der Waals surface area contributed by atoms with Gasteiger partial charge in [-0.05, 0) is 40.6 Å². The van der Waals surface area contributed by atoms with Crippen molar-refractivity contribution in [1.82, 2.24) is 5.27 Å². The lowest BCUT2D eigenvalue weighted by molar-refractivity contribution is -0.763. The van der Waals surface area contributed by atoms with Crippen molar-refractivity contribution in [3.63, 3.8) is 0 Å². The number of anilines is 2. The van der Waals surface area contributed by atoms with Crippen LogP contribution in [0.15, 0.2) is 76.0 Å². The van der Waals surface area contributed by atoms with Gasteiger partial charge in [0.2, 0.25) is 17.7 Å². The minimum absolute atomic E-state index is 0.0158. The van der Waals surface area contributed by atoms with E-state index in [1.54, 1.807) is 43.6 Å². The quantitative estimate of drug-likeness (QED) is 0.391. The number of nitrogens with one attached hydrogen (secondary N) is 1. The summed E-state index contributed by atoms with van der Waals surface area (Å²) in [6.07, 6.45) is 3.14. The van der Waals surface area contributed by atoms with E-state index in [1.807, 2.05) is 18.2 Å². The van der Waals surface area contributed by atoms with Crippen LogP contribution in [0, 0.1) is 5.82 Å². The normalized spacial score (nSPS) is 14.5. The van der Waals surface area contributed by atoms with Crippen LogP contribution in [0.25, 0.3) is 6.08 Å². The van der Waals surface area contributed by atoms with Crippen LogP contribution in [0.4, 0.5) is 16.0 Å². The van der Waals surface area contributed by atoms with Crippen molar-refractivity contribution in [2.75, 3.05) is 29.7 Å². The minimum atomic E-state index is -0.368. The number of aromatic nitrogens is 2. The lowest BCUT2D eigenvalue weighted by Gasteiger charge is -2.17. The zero-order chi connectivity index (χ0) is 23.9. The Balaban J connectivity index is 1.48. The van der Waals surface area contributed by atoms with E-state index in [1.165, 1.54) is 21.7 Å². The Morgan fingerprint density at radius 1 is 1.24 bits per heavy atom. The molecule has 0 radical (unpaired) electrons. The first-order valence-corrected chi connectivity index (χ1v) is 11.3. The number of thioether (sulfide) groups is 1. The highest BCUT2D eigenvalue weighted by Crippen LogP contribution is 2.29. The van der Waals surface area contributed by atoms with Crippen LogP contribution in [0.1, 0.15) is 5.56 Å². The number of methoxy groups -OCH3 is 1. The molecule has 0 bridgehead atoms. The third-order valence-electron chi connectivity index (χ3n) is 4.65. The molecule has 2 heterocycles. The summed E-state index contributed by atoms with van der Waals surface area (Å²) in [5.41, 5.74) is 1.45. The molecule has 0 unspecified atom stereocenters. The monoisotopic (exact) mass is 482 g/mol. The minimum Gasteiger partial charge on any atom is -0.378 e. The molecule has 34 heavy (non-hydrogen) atoms. The van der Waals surface area contributed by atoms with Gasteiger partial charge in [-0.15, -0.1) is 0 Å². The van der Waals surface area contributed by atoms with E-state index < -0.39 is 0 Å². The van der Waals surface area contributed by atoms with E-state index in [4.69, 9.17) is 9.26 Å². The maximum atomic E-state index is 13.2. The molecule has 1 N–H and O–H groups in total. The Labute approximate surface area is 198 Å². The molecule has 0 spiro atoms. The third-order valence-corrected chi connectivity index (χ3v) is 5.59. The number of nitrogens with zero attached hydrogens (tertiary/aromatic N) is 4.